The summed E-state index contributed by atoms with van der Waals surface area (Å²) in [5.74, 6) is 1.33. The van der Waals surface area contributed by atoms with Crippen molar-refractivity contribution in [2.45, 2.75) is 37.8 Å². The Morgan fingerprint density at radius 3 is 2.19 bits per heavy atom. The van der Waals surface area contributed by atoms with Gasteiger partial charge in [-0.05, 0) is 83.9 Å². The number of nitrogens with one attached hydrogen (secondary N) is 3. The first-order valence-electron chi connectivity index (χ1n) is 19.5. The van der Waals surface area contributed by atoms with Crippen molar-refractivity contribution >= 4 is 43.7 Å². The Bertz CT molecular complexity index is 2690. The molecule has 6 unspecified atom stereocenters. The minimum Gasteiger partial charge on any atom is -0.456 e. The Kier molecular flexibility index (Phi) is 7.65. The van der Waals surface area contributed by atoms with Crippen LogP contribution in [0, 0.1) is 17.8 Å². The van der Waals surface area contributed by atoms with E-state index in [1.807, 2.05) is 6.07 Å². The normalized spacial score (nSPS) is 25.3. The van der Waals surface area contributed by atoms with Gasteiger partial charge in [-0.15, -0.1) is 0 Å². The summed E-state index contributed by atoms with van der Waals surface area (Å²) in [6, 6.07) is 41.4. The minimum absolute atomic E-state index is 0.0841. The van der Waals surface area contributed by atoms with Gasteiger partial charge in [-0.1, -0.05) is 127 Å². The molecule has 5 heteroatoms. The zero-order valence-electron chi connectivity index (χ0n) is 30.0. The summed E-state index contributed by atoms with van der Waals surface area (Å²) in [5, 5.41) is 17.0. The average Bonchev–Trinajstić information content (AvgIpc) is 3.80. The fourth-order valence-electron chi connectivity index (χ4n) is 9.66. The van der Waals surface area contributed by atoms with Crippen LogP contribution < -0.4 is 16.0 Å². The maximum Gasteiger partial charge on any atom is 0.135 e. The molecule has 0 amide bonds. The highest BCUT2D eigenvalue weighted by molar-refractivity contribution is 6.09. The van der Waals surface area contributed by atoms with E-state index in [1.54, 1.807) is 0 Å². The molecule has 0 saturated carbocycles. The number of hydrogen-bond donors (Lipinski definition) is 3. The van der Waals surface area contributed by atoms with Crippen molar-refractivity contribution in [3.05, 3.63) is 186 Å². The van der Waals surface area contributed by atoms with Crippen molar-refractivity contribution in [3.8, 4) is 5.69 Å². The molecular weight excluding hydrogens is 661 g/mol. The fourth-order valence-corrected chi connectivity index (χ4v) is 9.66. The van der Waals surface area contributed by atoms with Crippen molar-refractivity contribution in [1.29, 1.82) is 0 Å². The first kappa shape index (κ1) is 31.8. The Labute approximate surface area is 315 Å². The fraction of sp³-hybridized carbons (Fsp3) is 0.184. The van der Waals surface area contributed by atoms with Gasteiger partial charge in [0.2, 0.25) is 0 Å². The molecule has 0 spiro atoms. The van der Waals surface area contributed by atoms with Gasteiger partial charge in [-0.25, -0.2) is 0 Å². The van der Waals surface area contributed by atoms with Crippen LogP contribution in [0.3, 0.4) is 0 Å². The van der Waals surface area contributed by atoms with Crippen molar-refractivity contribution in [2.75, 3.05) is 0 Å². The van der Waals surface area contributed by atoms with E-state index in [0.29, 0.717) is 17.8 Å². The summed E-state index contributed by atoms with van der Waals surface area (Å²) in [5.41, 5.74) is 10.9. The molecule has 0 bridgehead atoms. The molecule has 4 aliphatic rings. The Morgan fingerprint density at radius 2 is 1.35 bits per heavy atom. The van der Waals surface area contributed by atoms with E-state index >= 15 is 0 Å². The van der Waals surface area contributed by atoms with E-state index in [2.05, 4.69) is 178 Å². The van der Waals surface area contributed by atoms with Crippen LogP contribution in [0.1, 0.15) is 42.7 Å². The van der Waals surface area contributed by atoms with E-state index in [4.69, 9.17) is 4.42 Å². The molecule has 54 heavy (non-hydrogen) atoms. The Hall–Kier alpha value is -5.72. The molecule has 1 fully saturated rings. The van der Waals surface area contributed by atoms with Gasteiger partial charge in [0.05, 0.1) is 29.5 Å². The highest BCUT2D eigenvalue weighted by Gasteiger charge is 2.36. The minimum atomic E-state index is -0.0978. The van der Waals surface area contributed by atoms with Crippen molar-refractivity contribution < 1.29 is 4.42 Å². The molecule has 11 rings (SSSR count). The number of rotatable bonds is 5. The van der Waals surface area contributed by atoms with Crippen LogP contribution >= 0.6 is 0 Å². The van der Waals surface area contributed by atoms with E-state index in [-0.39, 0.29) is 18.5 Å². The smallest absolute Gasteiger partial charge is 0.135 e. The predicted molar refractivity (Wildman–Crippen MR) is 221 cm³/mol. The molecule has 0 radical (unpaired) electrons. The number of fused-ring (bicyclic) bond motifs is 7. The van der Waals surface area contributed by atoms with Crippen LogP contribution in [0.4, 0.5) is 0 Å². The van der Waals surface area contributed by atoms with Crippen LogP contribution in [0.2, 0.25) is 0 Å². The van der Waals surface area contributed by atoms with Crippen molar-refractivity contribution in [2.24, 2.45) is 17.8 Å². The van der Waals surface area contributed by atoms with Gasteiger partial charge in [-0.3, -0.25) is 16.0 Å². The maximum absolute atomic E-state index is 6.37. The first-order chi connectivity index (χ1) is 26.8. The summed E-state index contributed by atoms with van der Waals surface area (Å²) >= 11 is 0. The molecule has 3 N–H and O–H groups in total. The molecule has 6 atom stereocenters. The number of furan rings is 1. The third-order valence-corrected chi connectivity index (χ3v) is 12.3. The lowest BCUT2D eigenvalue weighted by Crippen LogP contribution is -2.61. The number of aromatic nitrogens is 1. The topological polar surface area (TPSA) is 54.2 Å². The molecule has 7 aromatic rings. The predicted octanol–water partition coefficient (Wildman–Crippen LogP) is 11.1. The molecule has 2 aromatic heterocycles. The van der Waals surface area contributed by atoms with Gasteiger partial charge in [0.1, 0.15) is 11.2 Å². The number of nitrogens with zero attached hydrogens (tertiary/aromatic N) is 1. The van der Waals surface area contributed by atoms with Crippen LogP contribution in [-0.2, 0) is 0 Å². The van der Waals surface area contributed by atoms with Gasteiger partial charge in [0, 0.05) is 39.1 Å². The highest BCUT2D eigenvalue weighted by atomic mass is 16.3. The third kappa shape index (κ3) is 5.26. The largest absolute Gasteiger partial charge is 0.456 e. The summed E-state index contributed by atoms with van der Waals surface area (Å²) < 4.78 is 8.78. The summed E-state index contributed by atoms with van der Waals surface area (Å²) in [6.45, 7) is 0. The third-order valence-electron chi connectivity index (χ3n) is 12.3. The summed E-state index contributed by atoms with van der Waals surface area (Å²) in [7, 11) is 0. The molecule has 5 nitrogen and oxygen atoms in total. The highest BCUT2D eigenvalue weighted by Crippen LogP contribution is 2.41. The van der Waals surface area contributed by atoms with E-state index in [1.165, 1.54) is 49.5 Å². The molecule has 264 valence electrons. The lowest BCUT2D eigenvalue weighted by atomic mass is 9.73. The van der Waals surface area contributed by atoms with Crippen LogP contribution in [0.15, 0.2) is 179 Å². The van der Waals surface area contributed by atoms with Gasteiger partial charge in [0.25, 0.3) is 0 Å². The molecule has 1 saturated heterocycles. The Balaban J connectivity index is 0.972. The van der Waals surface area contributed by atoms with Crippen LogP contribution in [0.5, 0.6) is 0 Å². The van der Waals surface area contributed by atoms with Gasteiger partial charge >= 0.3 is 0 Å². The Morgan fingerprint density at radius 1 is 0.630 bits per heavy atom. The van der Waals surface area contributed by atoms with Gasteiger partial charge < -0.3 is 8.98 Å². The van der Waals surface area contributed by atoms with E-state index in [0.717, 1.165) is 41.5 Å². The number of benzene rings is 5. The second-order valence-corrected chi connectivity index (χ2v) is 15.3. The zero-order valence-corrected chi connectivity index (χ0v) is 30.0. The molecule has 3 aliphatic carbocycles. The van der Waals surface area contributed by atoms with Crippen molar-refractivity contribution in [1.82, 2.24) is 20.5 Å². The molecule has 5 aromatic carbocycles. The second kappa shape index (κ2) is 13.0. The molecule has 3 heterocycles. The summed E-state index contributed by atoms with van der Waals surface area (Å²) in [6.07, 6.45) is 21.7. The van der Waals surface area contributed by atoms with E-state index in [9.17, 15) is 0 Å². The summed E-state index contributed by atoms with van der Waals surface area (Å²) in [4.78, 5) is 0. The zero-order chi connectivity index (χ0) is 35.6. The molecule has 1 aliphatic heterocycles. The number of allylic oxidation sites excluding steroid dienone is 10. The van der Waals surface area contributed by atoms with Crippen LogP contribution in [-0.4, -0.2) is 10.7 Å². The average molecular weight is 703 g/mol. The van der Waals surface area contributed by atoms with Crippen molar-refractivity contribution in [3.63, 3.8) is 0 Å². The number of para-hydroxylation sites is 3. The van der Waals surface area contributed by atoms with Crippen LogP contribution in [0.25, 0.3) is 49.4 Å². The molecular formula is C49H42N4O. The standard InChI is InChI=1S/C49H42N4O/c1-2-16-36-31(12-1)13-10-20-37(36)32-26-28-33(29-27-32)47-50-48(52-49(51-47)41-21-11-25-45-46(41)40-19-5-8-24-44(40)54-45)34-14-9-15-35(30-34)53-42-22-6-3-17-38(42)39-18-4-7-23-43(39)53/h1-26,30-31,33,36,47-52H,27-29H2. The monoisotopic (exact) mass is 702 g/mol. The maximum atomic E-state index is 6.37. The lowest BCUT2D eigenvalue weighted by Gasteiger charge is -2.43. The second-order valence-electron chi connectivity index (χ2n) is 15.3. The number of hydrogen-bond acceptors (Lipinski definition) is 4. The SMILES string of the molecule is C1=CC2C=CC=C(C3=CCC(C4NC(c5cccc(-n6c7ccccc7c7ccccc76)c5)NC(c5cccc6oc7ccccc7c56)N4)CC3)C2C=C1. The van der Waals surface area contributed by atoms with Gasteiger partial charge in [-0.2, -0.15) is 0 Å². The first-order valence-corrected chi connectivity index (χ1v) is 19.5. The lowest BCUT2D eigenvalue weighted by molar-refractivity contribution is 0.147. The van der Waals surface area contributed by atoms with Gasteiger partial charge in [0.15, 0.2) is 0 Å². The van der Waals surface area contributed by atoms with E-state index < -0.39 is 0 Å². The quantitative estimate of drug-likeness (QED) is 0.167.